The van der Waals surface area contributed by atoms with E-state index in [1.165, 1.54) is 37.3 Å². The normalized spacial score (nSPS) is 21.7. The summed E-state index contributed by atoms with van der Waals surface area (Å²) < 4.78 is 2.20. The lowest BCUT2D eigenvalue weighted by Crippen LogP contribution is -2.35. The van der Waals surface area contributed by atoms with Crippen LogP contribution in [0.5, 0.6) is 0 Å². The maximum atomic E-state index is 4.59. The Labute approximate surface area is 91.1 Å². The van der Waals surface area contributed by atoms with Gasteiger partial charge in [-0.1, -0.05) is 6.92 Å². The average Bonchev–Trinajstić information content (AvgIpc) is 2.96. The second-order valence-electron chi connectivity index (χ2n) is 4.88. The van der Waals surface area contributed by atoms with Crippen molar-refractivity contribution < 1.29 is 0 Å². The van der Waals surface area contributed by atoms with Gasteiger partial charge in [0.05, 0.1) is 17.9 Å². The first kappa shape index (κ1) is 9.40. The summed E-state index contributed by atoms with van der Waals surface area (Å²) in [7, 11) is 0. The third kappa shape index (κ3) is 1.93. The maximum Gasteiger partial charge on any atom is 0.0625 e. The zero-order chi connectivity index (χ0) is 10.3. The molecule has 0 atom stereocenters. The van der Waals surface area contributed by atoms with E-state index in [1.54, 1.807) is 0 Å². The standard InChI is InChI=1S/C12H19N3/c1-2-11-7-12-9-14(8-10-3-4-10)5-6-15(12)13-11/h7,10H,2-6,8-9H2,1H3. The molecule has 0 radical (unpaired) electrons. The fourth-order valence-electron chi connectivity index (χ4n) is 2.37. The maximum absolute atomic E-state index is 4.59. The number of aryl methyl sites for hydroxylation is 1. The molecule has 1 fully saturated rings. The van der Waals surface area contributed by atoms with Crippen LogP contribution in [0.3, 0.4) is 0 Å². The van der Waals surface area contributed by atoms with Gasteiger partial charge in [-0.3, -0.25) is 9.58 Å². The van der Waals surface area contributed by atoms with Crippen molar-refractivity contribution in [2.24, 2.45) is 5.92 Å². The smallest absolute Gasteiger partial charge is 0.0625 e. The van der Waals surface area contributed by atoms with Crippen LogP contribution in [0.1, 0.15) is 31.2 Å². The Morgan fingerprint density at radius 3 is 3.00 bits per heavy atom. The summed E-state index contributed by atoms with van der Waals surface area (Å²) >= 11 is 0. The lowest BCUT2D eigenvalue weighted by molar-refractivity contribution is 0.205. The number of aromatic nitrogens is 2. The van der Waals surface area contributed by atoms with Crippen LogP contribution in [-0.2, 0) is 19.5 Å². The molecule has 0 aromatic carbocycles. The van der Waals surface area contributed by atoms with Gasteiger partial charge in [-0.05, 0) is 31.2 Å². The van der Waals surface area contributed by atoms with Crippen molar-refractivity contribution >= 4 is 0 Å². The van der Waals surface area contributed by atoms with Gasteiger partial charge in [0, 0.05) is 19.6 Å². The minimum Gasteiger partial charge on any atom is -0.295 e. The highest BCUT2D eigenvalue weighted by atomic mass is 15.3. The topological polar surface area (TPSA) is 21.1 Å². The molecule has 1 aromatic heterocycles. The molecule has 15 heavy (non-hydrogen) atoms. The molecular formula is C12H19N3. The van der Waals surface area contributed by atoms with E-state index < -0.39 is 0 Å². The fraction of sp³-hybridized carbons (Fsp3) is 0.750. The minimum absolute atomic E-state index is 1.00. The predicted octanol–water partition coefficient (Wildman–Crippen LogP) is 1.67. The van der Waals surface area contributed by atoms with Gasteiger partial charge in [-0.15, -0.1) is 0 Å². The molecule has 1 aliphatic heterocycles. The first-order valence-corrected chi connectivity index (χ1v) is 6.13. The summed E-state index contributed by atoms with van der Waals surface area (Å²) in [5, 5.41) is 4.59. The number of hydrogen-bond acceptors (Lipinski definition) is 2. The second-order valence-corrected chi connectivity index (χ2v) is 4.88. The third-order valence-electron chi connectivity index (χ3n) is 3.50. The molecule has 2 heterocycles. The highest BCUT2D eigenvalue weighted by molar-refractivity contribution is 5.11. The van der Waals surface area contributed by atoms with Crippen LogP contribution >= 0.6 is 0 Å². The average molecular weight is 205 g/mol. The molecule has 0 spiro atoms. The van der Waals surface area contributed by atoms with Crippen LogP contribution in [-0.4, -0.2) is 27.8 Å². The van der Waals surface area contributed by atoms with Gasteiger partial charge in [0.25, 0.3) is 0 Å². The Balaban J connectivity index is 1.70. The lowest BCUT2D eigenvalue weighted by atomic mass is 10.2. The molecule has 3 nitrogen and oxygen atoms in total. The lowest BCUT2D eigenvalue weighted by Gasteiger charge is -2.27. The molecule has 0 bridgehead atoms. The molecule has 3 rings (SSSR count). The molecule has 1 saturated carbocycles. The zero-order valence-corrected chi connectivity index (χ0v) is 9.45. The van der Waals surface area contributed by atoms with E-state index in [2.05, 4.69) is 27.7 Å². The van der Waals surface area contributed by atoms with Crippen LogP contribution in [0.25, 0.3) is 0 Å². The van der Waals surface area contributed by atoms with Gasteiger partial charge in [-0.25, -0.2) is 0 Å². The minimum atomic E-state index is 1.00. The highest BCUT2D eigenvalue weighted by Gasteiger charge is 2.26. The monoisotopic (exact) mass is 205 g/mol. The van der Waals surface area contributed by atoms with Crippen molar-refractivity contribution in [3.8, 4) is 0 Å². The molecular weight excluding hydrogens is 186 g/mol. The van der Waals surface area contributed by atoms with Crippen molar-refractivity contribution in [2.45, 2.75) is 39.3 Å². The van der Waals surface area contributed by atoms with Crippen molar-refractivity contribution in [1.29, 1.82) is 0 Å². The molecule has 0 N–H and O–H groups in total. The zero-order valence-electron chi connectivity index (χ0n) is 9.45. The Kier molecular flexibility index (Phi) is 2.28. The van der Waals surface area contributed by atoms with Gasteiger partial charge >= 0.3 is 0 Å². The quantitative estimate of drug-likeness (QED) is 0.748. The number of hydrogen-bond donors (Lipinski definition) is 0. The second kappa shape index (κ2) is 3.63. The Hall–Kier alpha value is -0.830. The van der Waals surface area contributed by atoms with E-state index in [0.717, 1.165) is 25.4 Å². The predicted molar refractivity (Wildman–Crippen MR) is 59.6 cm³/mol. The highest BCUT2D eigenvalue weighted by Crippen LogP contribution is 2.30. The first-order valence-electron chi connectivity index (χ1n) is 6.13. The summed E-state index contributed by atoms with van der Waals surface area (Å²) in [6.45, 7) is 6.88. The van der Waals surface area contributed by atoms with Crippen molar-refractivity contribution in [3.05, 3.63) is 17.5 Å². The number of rotatable bonds is 3. The number of fused-ring (bicyclic) bond motifs is 1. The summed E-state index contributed by atoms with van der Waals surface area (Å²) in [6, 6.07) is 2.28. The fourth-order valence-corrected chi connectivity index (χ4v) is 2.37. The van der Waals surface area contributed by atoms with Crippen molar-refractivity contribution in [3.63, 3.8) is 0 Å². The summed E-state index contributed by atoms with van der Waals surface area (Å²) in [5.41, 5.74) is 2.66. The summed E-state index contributed by atoms with van der Waals surface area (Å²) in [4.78, 5) is 2.59. The van der Waals surface area contributed by atoms with Gasteiger partial charge in [0.15, 0.2) is 0 Å². The molecule has 82 valence electrons. The van der Waals surface area contributed by atoms with Crippen LogP contribution in [0.2, 0.25) is 0 Å². The molecule has 0 amide bonds. The van der Waals surface area contributed by atoms with E-state index >= 15 is 0 Å². The molecule has 2 aliphatic rings. The summed E-state index contributed by atoms with van der Waals surface area (Å²) in [5.74, 6) is 1.00. The first-order chi connectivity index (χ1) is 7.35. The SMILES string of the molecule is CCc1cc2n(n1)CCN(CC1CC1)C2. The van der Waals surface area contributed by atoms with Crippen LogP contribution in [0, 0.1) is 5.92 Å². The van der Waals surface area contributed by atoms with Gasteiger partial charge in [0.1, 0.15) is 0 Å². The van der Waals surface area contributed by atoms with E-state index in [4.69, 9.17) is 0 Å². The molecule has 3 heteroatoms. The number of nitrogens with zero attached hydrogens (tertiary/aromatic N) is 3. The summed E-state index contributed by atoms with van der Waals surface area (Å²) in [6.07, 6.45) is 3.97. The van der Waals surface area contributed by atoms with E-state index in [0.29, 0.717) is 0 Å². The molecule has 1 aromatic rings. The molecule has 1 aliphatic carbocycles. The Morgan fingerprint density at radius 2 is 2.27 bits per heavy atom. The van der Waals surface area contributed by atoms with E-state index in [9.17, 15) is 0 Å². The van der Waals surface area contributed by atoms with Crippen molar-refractivity contribution in [1.82, 2.24) is 14.7 Å². The molecule has 0 unspecified atom stereocenters. The largest absolute Gasteiger partial charge is 0.295 e. The van der Waals surface area contributed by atoms with Gasteiger partial charge < -0.3 is 0 Å². The Bertz CT molecular complexity index is 352. The van der Waals surface area contributed by atoms with E-state index in [1.807, 2.05) is 0 Å². The van der Waals surface area contributed by atoms with Gasteiger partial charge in [-0.2, -0.15) is 5.10 Å². The van der Waals surface area contributed by atoms with Crippen LogP contribution < -0.4 is 0 Å². The molecule has 0 saturated heterocycles. The third-order valence-corrected chi connectivity index (χ3v) is 3.50. The van der Waals surface area contributed by atoms with Crippen LogP contribution in [0.15, 0.2) is 6.07 Å². The van der Waals surface area contributed by atoms with Crippen molar-refractivity contribution in [2.75, 3.05) is 13.1 Å². The Morgan fingerprint density at radius 1 is 1.40 bits per heavy atom. The van der Waals surface area contributed by atoms with Gasteiger partial charge in [0.2, 0.25) is 0 Å². The van der Waals surface area contributed by atoms with E-state index in [-0.39, 0.29) is 0 Å². The van der Waals surface area contributed by atoms with Crippen LogP contribution in [0.4, 0.5) is 0 Å².